The summed E-state index contributed by atoms with van der Waals surface area (Å²) in [6, 6.07) is 19.5. The Morgan fingerprint density at radius 1 is 1.08 bits per heavy atom. The molecule has 5 nitrogen and oxygen atoms in total. The fourth-order valence-electron chi connectivity index (χ4n) is 2.27. The van der Waals surface area contributed by atoms with Crippen molar-refractivity contribution in [3.8, 4) is 0 Å². The van der Waals surface area contributed by atoms with E-state index in [2.05, 4.69) is 14.9 Å². The van der Waals surface area contributed by atoms with Crippen molar-refractivity contribution in [3.05, 3.63) is 82.9 Å². The summed E-state index contributed by atoms with van der Waals surface area (Å²) in [5, 5.41) is 8.40. The monoisotopic (exact) mass is 339 g/mol. The van der Waals surface area contributed by atoms with Crippen LogP contribution in [0, 0.1) is 0 Å². The van der Waals surface area contributed by atoms with Gasteiger partial charge < -0.3 is 10.1 Å². The van der Waals surface area contributed by atoms with Crippen LogP contribution in [-0.4, -0.2) is 22.1 Å². The van der Waals surface area contributed by atoms with Gasteiger partial charge >= 0.3 is 0 Å². The fraction of sp³-hybridized carbons (Fsp3) is 0.167. The second kappa shape index (κ2) is 8.33. The lowest BCUT2D eigenvalue weighted by Gasteiger charge is -2.19. The number of nitrogens with zero attached hydrogens (tertiary/aromatic N) is 2. The second-order valence-corrected chi connectivity index (χ2v) is 5.84. The van der Waals surface area contributed by atoms with Crippen molar-refractivity contribution in [1.82, 2.24) is 14.9 Å². The highest BCUT2D eigenvalue weighted by Crippen LogP contribution is 2.15. The Hall–Kier alpha value is -2.57. The molecule has 0 fully saturated rings. The Labute approximate surface area is 144 Å². The van der Waals surface area contributed by atoms with E-state index in [0.29, 0.717) is 18.9 Å². The van der Waals surface area contributed by atoms with Crippen molar-refractivity contribution >= 4 is 17.4 Å². The topological polar surface area (TPSA) is 64.1 Å². The average molecular weight is 339 g/mol. The molecule has 2 aromatic carbocycles. The largest absolute Gasteiger partial charge is 0.374 e. The fourth-order valence-corrected chi connectivity index (χ4v) is 2.71. The summed E-state index contributed by atoms with van der Waals surface area (Å²) in [5.74, 6) is -0.249. The van der Waals surface area contributed by atoms with E-state index in [0.717, 1.165) is 22.7 Å². The third kappa shape index (κ3) is 4.47. The average Bonchev–Trinajstić information content (AvgIpc) is 3.17. The molecular weight excluding hydrogens is 322 g/mol. The molecule has 1 aromatic heterocycles. The molecule has 0 spiro atoms. The van der Waals surface area contributed by atoms with Gasteiger partial charge in [0.25, 0.3) is 5.91 Å². The molecule has 1 heterocycles. The third-order valence-corrected chi connectivity index (χ3v) is 4.00. The van der Waals surface area contributed by atoms with Crippen LogP contribution in [0.4, 0.5) is 0 Å². The lowest BCUT2D eigenvalue weighted by atomic mass is 10.1. The van der Waals surface area contributed by atoms with Crippen LogP contribution in [-0.2, 0) is 11.3 Å². The van der Waals surface area contributed by atoms with Gasteiger partial charge in [0.2, 0.25) is 0 Å². The lowest BCUT2D eigenvalue weighted by Crippen LogP contribution is -2.31. The maximum atomic E-state index is 12.3. The third-order valence-electron chi connectivity index (χ3n) is 3.50. The van der Waals surface area contributed by atoms with E-state index < -0.39 is 0 Å². The molecule has 1 N–H and O–H groups in total. The van der Waals surface area contributed by atoms with Crippen molar-refractivity contribution in [2.75, 3.05) is 6.61 Å². The molecule has 0 aliphatic heterocycles. The van der Waals surface area contributed by atoms with Gasteiger partial charge in [0, 0.05) is 5.38 Å². The summed E-state index contributed by atoms with van der Waals surface area (Å²) in [4.78, 5) is 12.3. The van der Waals surface area contributed by atoms with Gasteiger partial charge in [0.15, 0.2) is 5.69 Å². The van der Waals surface area contributed by atoms with Crippen LogP contribution in [0.3, 0.4) is 0 Å². The summed E-state index contributed by atoms with van der Waals surface area (Å²) >= 11 is 1.15. The van der Waals surface area contributed by atoms with Gasteiger partial charge in [-0.05, 0) is 22.7 Å². The first kappa shape index (κ1) is 16.3. The summed E-state index contributed by atoms with van der Waals surface area (Å²) in [5.41, 5.74) is 2.41. The molecule has 3 rings (SSSR count). The van der Waals surface area contributed by atoms with E-state index in [1.165, 1.54) is 0 Å². The minimum atomic E-state index is -0.249. The van der Waals surface area contributed by atoms with Crippen LogP contribution in [0.25, 0.3) is 0 Å². The normalized spacial score (nSPS) is 11.8. The zero-order valence-electron chi connectivity index (χ0n) is 13.0. The van der Waals surface area contributed by atoms with Crippen molar-refractivity contribution in [2.45, 2.75) is 12.6 Å². The number of carbonyl (C=O) groups is 1. The van der Waals surface area contributed by atoms with E-state index in [9.17, 15) is 4.79 Å². The van der Waals surface area contributed by atoms with E-state index in [1.807, 2.05) is 60.7 Å². The maximum Gasteiger partial charge on any atom is 0.273 e. The van der Waals surface area contributed by atoms with Crippen LogP contribution in [0.5, 0.6) is 0 Å². The standard InChI is InChI=1S/C18H17N3O2S/c22-18(17-13-24-21-20-17)19-16(15-9-5-2-6-10-15)12-23-11-14-7-3-1-4-8-14/h1-10,13,16H,11-12H2,(H,19,22). The molecule has 122 valence electrons. The smallest absolute Gasteiger partial charge is 0.273 e. The lowest BCUT2D eigenvalue weighted by molar-refractivity contribution is 0.0793. The number of carbonyl (C=O) groups excluding carboxylic acids is 1. The Kier molecular flexibility index (Phi) is 5.65. The highest BCUT2D eigenvalue weighted by molar-refractivity contribution is 7.03. The van der Waals surface area contributed by atoms with Crippen LogP contribution >= 0.6 is 11.5 Å². The Morgan fingerprint density at radius 3 is 2.46 bits per heavy atom. The Balaban J connectivity index is 1.65. The van der Waals surface area contributed by atoms with Gasteiger partial charge in [-0.2, -0.15) is 0 Å². The predicted molar refractivity (Wildman–Crippen MR) is 92.7 cm³/mol. The number of aromatic nitrogens is 2. The van der Waals surface area contributed by atoms with Gasteiger partial charge in [-0.1, -0.05) is 65.2 Å². The van der Waals surface area contributed by atoms with Gasteiger partial charge in [-0.15, -0.1) is 5.10 Å². The second-order valence-electron chi connectivity index (χ2n) is 5.23. The number of rotatable bonds is 7. The number of benzene rings is 2. The van der Waals surface area contributed by atoms with Crippen molar-refractivity contribution in [1.29, 1.82) is 0 Å². The summed E-state index contributed by atoms with van der Waals surface area (Å²) in [7, 11) is 0. The first-order valence-electron chi connectivity index (χ1n) is 7.57. The van der Waals surface area contributed by atoms with E-state index in [4.69, 9.17) is 4.74 Å². The van der Waals surface area contributed by atoms with Gasteiger partial charge in [0.1, 0.15) is 0 Å². The molecule has 0 radical (unpaired) electrons. The molecule has 1 atom stereocenters. The first-order chi connectivity index (χ1) is 11.8. The van der Waals surface area contributed by atoms with Crippen molar-refractivity contribution in [3.63, 3.8) is 0 Å². The number of nitrogens with one attached hydrogen (secondary N) is 1. The van der Waals surface area contributed by atoms with Gasteiger partial charge in [0.05, 0.1) is 19.3 Å². The number of ether oxygens (including phenoxy) is 1. The molecule has 6 heteroatoms. The van der Waals surface area contributed by atoms with Crippen LogP contribution < -0.4 is 5.32 Å². The quantitative estimate of drug-likeness (QED) is 0.718. The molecule has 0 saturated carbocycles. The Morgan fingerprint density at radius 2 is 1.79 bits per heavy atom. The van der Waals surface area contributed by atoms with E-state index in [-0.39, 0.29) is 11.9 Å². The Bertz CT molecular complexity index is 748. The minimum Gasteiger partial charge on any atom is -0.374 e. The van der Waals surface area contributed by atoms with E-state index in [1.54, 1.807) is 5.38 Å². The number of hydrogen-bond acceptors (Lipinski definition) is 5. The van der Waals surface area contributed by atoms with Gasteiger partial charge in [-0.3, -0.25) is 4.79 Å². The molecule has 0 aliphatic rings. The summed E-state index contributed by atoms with van der Waals surface area (Å²) in [6.45, 7) is 0.876. The molecule has 1 unspecified atom stereocenters. The highest BCUT2D eigenvalue weighted by atomic mass is 32.1. The molecule has 1 amide bonds. The molecular formula is C18H17N3O2S. The van der Waals surface area contributed by atoms with Crippen molar-refractivity contribution < 1.29 is 9.53 Å². The summed E-state index contributed by atoms with van der Waals surface area (Å²) < 4.78 is 9.53. The predicted octanol–water partition coefficient (Wildman–Crippen LogP) is 3.23. The highest BCUT2D eigenvalue weighted by Gasteiger charge is 2.17. The summed E-state index contributed by atoms with van der Waals surface area (Å²) in [6.07, 6.45) is 0. The SMILES string of the molecule is O=C(NC(COCc1ccccc1)c1ccccc1)c1csnn1. The van der Waals surface area contributed by atoms with E-state index >= 15 is 0 Å². The first-order valence-corrected chi connectivity index (χ1v) is 8.41. The number of hydrogen-bond donors (Lipinski definition) is 1. The molecule has 0 aliphatic carbocycles. The zero-order chi connectivity index (χ0) is 16.6. The minimum absolute atomic E-state index is 0.246. The molecule has 24 heavy (non-hydrogen) atoms. The number of amides is 1. The van der Waals surface area contributed by atoms with Gasteiger partial charge in [-0.25, -0.2) is 0 Å². The molecule has 3 aromatic rings. The van der Waals surface area contributed by atoms with Crippen LogP contribution in [0.2, 0.25) is 0 Å². The maximum absolute atomic E-state index is 12.3. The zero-order valence-corrected chi connectivity index (χ0v) is 13.8. The van der Waals surface area contributed by atoms with Crippen molar-refractivity contribution in [2.24, 2.45) is 0 Å². The molecule has 0 saturated heterocycles. The van der Waals surface area contributed by atoms with Crippen LogP contribution in [0.1, 0.15) is 27.7 Å². The molecule has 0 bridgehead atoms. The van der Waals surface area contributed by atoms with Crippen LogP contribution in [0.15, 0.2) is 66.0 Å².